The highest BCUT2D eigenvalue weighted by Gasteiger charge is 1.79. The molecule has 0 spiro atoms. The van der Waals surface area contributed by atoms with E-state index in [1.54, 1.807) is 0 Å². The Morgan fingerprint density at radius 3 is 2.71 bits per heavy atom. The van der Waals surface area contributed by atoms with E-state index in [0.717, 1.165) is 12.3 Å². The monoisotopic (exact) mass is 137 g/mol. The Morgan fingerprint density at radius 1 is 1.57 bits per heavy atom. The van der Waals surface area contributed by atoms with Gasteiger partial charge in [0.1, 0.15) is 0 Å². The lowest BCUT2D eigenvalue weighted by atomic mass is 10.8. The lowest BCUT2D eigenvalue weighted by Gasteiger charge is -1.91. The van der Waals surface area contributed by atoms with Crippen molar-refractivity contribution in [3.63, 3.8) is 0 Å². The van der Waals surface area contributed by atoms with Gasteiger partial charge >= 0.3 is 0 Å². The van der Waals surface area contributed by atoms with E-state index in [1.807, 2.05) is 23.5 Å². The molecule has 0 unspecified atom stereocenters. The van der Waals surface area contributed by atoms with Crippen molar-refractivity contribution < 1.29 is 0 Å². The smallest absolute Gasteiger partial charge is 0.0389 e. The fourth-order valence-electron chi connectivity index (χ4n) is 0.226. The highest BCUT2D eigenvalue weighted by Crippen LogP contribution is 2.05. The largest absolute Gasteiger partial charge is 0.330 e. The van der Waals surface area contributed by atoms with Crippen molar-refractivity contribution in [2.75, 3.05) is 23.6 Å². The molecule has 0 saturated carbocycles. The van der Waals surface area contributed by atoms with E-state index in [1.165, 1.54) is 5.08 Å². The van der Waals surface area contributed by atoms with Gasteiger partial charge in [0.2, 0.25) is 0 Å². The first kappa shape index (κ1) is 7.66. The van der Waals surface area contributed by atoms with E-state index >= 15 is 0 Å². The van der Waals surface area contributed by atoms with Gasteiger partial charge in [-0.1, -0.05) is 0 Å². The van der Waals surface area contributed by atoms with Gasteiger partial charge in [0, 0.05) is 17.4 Å². The third-order valence-electron chi connectivity index (χ3n) is 0.463. The predicted octanol–water partition coefficient (Wildman–Crippen LogP) is 0.999. The summed E-state index contributed by atoms with van der Waals surface area (Å²) >= 11 is 3.74. The third-order valence-corrected chi connectivity index (χ3v) is 2.60. The van der Waals surface area contributed by atoms with Crippen LogP contribution in [-0.2, 0) is 0 Å². The zero-order chi connectivity index (χ0) is 5.54. The molecule has 3 heteroatoms. The normalized spacial score (nSPS) is 9.43. The third kappa shape index (κ3) is 6.66. The minimum atomic E-state index is 0.811. The van der Waals surface area contributed by atoms with Crippen LogP contribution in [0.25, 0.3) is 0 Å². The van der Waals surface area contributed by atoms with Crippen LogP contribution >= 0.6 is 23.5 Å². The molecule has 2 N–H and O–H groups in total. The summed E-state index contributed by atoms with van der Waals surface area (Å²) in [7, 11) is 0. The van der Waals surface area contributed by atoms with Gasteiger partial charge in [-0.25, -0.2) is 0 Å². The van der Waals surface area contributed by atoms with Crippen LogP contribution in [0.3, 0.4) is 0 Å². The molecule has 0 radical (unpaired) electrons. The summed E-state index contributed by atoms with van der Waals surface area (Å²) in [6.45, 7) is 0.811. The molecular weight excluding hydrogens is 126 g/mol. The van der Waals surface area contributed by atoms with E-state index < -0.39 is 0 Å². The van der Waals surface area contributed by atoms with E-state index in [0.29, 0.717) is 0 Å². The van der Waals surface area contributed by atoms with Crippen molar-refractivity contribution in [2.24, 2.45) is 5.73 Å². The fraction of sp³-hybridized carbons (Fsp3) is 1.00. The summed E-state index contributed by atoms with van der Waals surface area (Å²) in [5, 5.41) is 1.18. The van der Waals surface area contributed by atoms with Crippen LogP contribution in [0.4, 0.5) is 0 Å². The number of thioether (sulfide) groups is 2. The van der Waals surface area contributed by atoms with Gasteiger partial charge in [-0.15, -0.1) is 11.8 Å². The van der Waals surface area contributed by atoms with Crippen molar-refractivity contribution in [3.05, 3.63) is 0 Å². The maximum atomic E-state index is 5.24. The maximum absolute atomic E-state index is 5.24. The van der Waals surface area contributed by atoms with Crippen LogP contribution in [0.15, 0.2) is 0 Å². The second kappa shape index (κ2) is 6.66. The molecular formula is C4H11NS2. The van der Waals surface area contributed by atoms with Crippen molar-refractivity contribution in [1.29, 1.82) is 0 Å². The Kier molecular flexibility index (Phi) is 7.29. The maximum Gasteiger partial charge on any atom is 0.0389 e. The Hall–Kier alpha value is 0.660. The lowest BCUT2D eigenvalue weighted by molar-refractivity contribution is 1.15. The summed E-state index contributed by atoms with van der Waals surface area (Å²) in [6, 6.07) is 0. The Morgan fingerprint density at radius 2 is 2.29 bits per heavy atom. The highest BCUT2D eigenvalue weighted by molar-refractivity contribution is 8.15. The highest BCUT2D eigenvalue weighted by atomic mass is 32.2. The molecule has 0 bridgehead atoms. The van der Waals surface area contributed by atoms with Crippen LogP contribution in [0.1, 0.15) is 0 Å². The van der Waals surface area contributed by atoms with Gasteiger partial charge < -0.3 is 5.73 Å². The number of rotatable bonds is 4. The molecule has 7 heavy (non-hydrogen) atoms. The zero-order valence-electron chi connectivity index (χ0n) is 4.52. The molecule has 0 aromatic carbocycles. The van der Waals surface area contributed by atoms with Crippen LogP contribution in [-0.4, -0.2) is 23.6 Å². The second-order valence-electron chi connectivity index (χ2n) is 1.10. The standard InChI is InChI=1S/C4H11NS2/c1-6-4-7-3-2-5/h2-5H2,1H3. The Balaban J connectivity index is 2.45. The van der Waals surface area contributed by atoms with Gasteiger partial charge in [-0.05, 0) is 6.26 Å². The van der Waals surface area contributed by atoms with Crippen molar-refractivity contribution in [2.45, 2.75) is 0 Å². The van der Waals surface area contributed by atoms with Gasteiger partial charge in [-0.2, -0.15) is 11.8 Å². The van der Waals surface area contributed by atoms with Crippen molar-refractivity contribution >= 4 is 23.5 Å². The first-order valence-electron chi connectivity index (χ1n) is 2.18. The molecule has 0 saturated heterocycles. The van der Waals surface area contributed by atoms with Crippen molar-refractivity contribution in [3.8, 4) is 0 Å². The summed E-state index contributed by atoms with van der Waals surface area (Å²) in [6.07, 6.45) is 2.10. The van der Waals surface area contributed by atoms with Crippen LogP contribution in [0, 0.1) is 0 Å². The lowest BCUT2D eigenvalue weighted by Crippen LogP contribution is -2.00. The molecule has 0 aromatic heterocycles. The van der Waals surface area contributed by atoms with Gasteiger partial charge in [0.15, 0.2) is 0 Å². The van der Waals surface area contributed by atoms with E-state index in [-0.39, 0.29) is 0 Å². The first-order valence-corrected chi connectivity index (χ1v) is 4.73. The molecule has 0 fully saturated rings. The molecule has 0 aliphatic carbocycles. The fourth-order valence-corrected chi connectivity index (χ4v) is 1.53. The summed E-state index contributed by atoms with van der Waals surface area (Å²) in [5.74, 6) is 1.10. The molecule has 0 aliphatic heterocycles. The minimum absolute atomic E-state index is 0.811. The summed E-state index contributed by atoms with van der Waals surface area (Å²) in [5.41, 5.74) is 5.24. The first-order chi connectivity index (χ1) is 3.41. The van der Waals surface area contributed by atoms with Crippen LogP contribution in [0.2, 0.25) is 0 Å². The van der Waals surface area contributed by atoms with Gasteiger partial charge in [-0.3, -0.25) is 0 Å². The van der Waals surface area contributed by atoms with E-state index in [2.05, 4.69) is 6.26 Å². The van der Waals surface area contributed by atoms with Crippen LogP contribution in [0.5, 0.6) is 0 Å². The molecule has 1 nitrogen and oxygen atoms in total. The summed E-state index contributed by atoms with van der Waals surface area (Å²) in [4.78, 5) is 0. The predicted molar refractivity (Wildman–Crippen MR) is 39.9 cm³/mol. The molecule has 0 atom stereocenters. The molecule has 44 valence electrons. The number of hydrogen-bond donors (Lipinski definition) is 1. The van der Waals surface area contributed by atoms with Gasteiger partial charge in [0.25, 0.3) is 0 Å². The van der Waals surface area contributed by atoms with E-state index in [9.17, 15) is 0 Å². The minimum Gasteiger partial charge on any atom is -0.330 e. The molecule has 0 aromatic rings. The zero-order valence-corrected chi connectivity index (χ0v) is 6.15. The second-order valence-corrected chi connectivity index (χ2v) is 3.44. The number of hydrogen-bond acceptors (Lipinski definition) is 3. The molecule has 0 amide bonds. The number of nitrogens with two attached hydrogens (primary N) is 1. The molecule has 0 aliphatic rings. The summed E-state index contributed by atoms with van der Waals surface area (Å²) < 4.78 is 0. The average molecular weight is 137 g/mol. The molecule has 0 rings (SSSR count). The average Bonchev–Trinajstić information content (AvgIpc) is 1.69. The quantitative estimate of drug-likeness (QED) is 0.462. The SMILES string of the molecule is CSCSCCN. The van der Waals surface area contributed by atoms with E-state index in [4.69, 9.17) is 5.73 Å². The Labute approximate surface area is 53.4 Å². The Bertz CT molecular complexity index is 28.9. The van der Waals surface area contributed by atoms with Gasteiger partial charge in [0.05, 0.1) is 0 Å². The van der Waals surface area contributed by atoms with Crippen molar-refractivity contribution in [1.82, 2.24) is 0 Å². The topological polar surface area (TPSA) is 26.0 Å². The molecule has 0 heterocycles. The van der Waals surface area contributed by atoms with Crippen LogP contribution < -0.4 is 5.73 Å².